The standard InChI is InChI=1S/C7H6Cl2.C4H9NO/c1-5-2-3-6(8)7(9)4-5;1-3-6-4-2-5-1/h2-4H,1H3;5H,1-4H2. The lowest BCUT2D eigenvalue weighted by molar-refractivity contribution is 0.109. The first-order valence-corrected chi connectivity index (χ1v) is 5.66. The number of morpholine rings is 1. The topological polar surface area (TPSA) is 21.3 Å². The van der Waals surface area contributed by atoms with Gasteiger partial charge in [-0.25, -0.2) is 0 Å². The van der Waals surface area contributed by atoms with Crippen molar-refractivity contribution >= 4 is 23.2 Å². The SMILES string of the molecule is C1COCCN1.Cc1ccc(Cl)c(Cl)c1. The molecule has 1 aromatic carbocycles. The summed E-state index contributed by atoms with van der Waals surface area (Å²) in [4.78, 5) is 0. The molecule has 84 valence electrons. The zero-order chi connectivity index (χ0) is 11.1. The average molecular weight is 248 g/mol. The van der Waals surface area contributed by atoms with Crippen LogP contribution in [0.4, 0.5) is 0 Å². The van der Waals surface area contributed by atoms with Crippen LogP contribution in [0.5, 0.6) is 0 Å². The highest BCUT2D eigenvalue weighted by Crippen LogP contribution is 2.21. The van der Waals surface area contributed by atoms with Crippen LogP contribution >= 0.6 is 23.2 Å². The molecular weight excluding hydrogens is 233 g/mol. The van der Waals surface area contributed by atoms with E-state index in [1.165, 1.54) is 0 Å². The first kappa shape index (κ1) is 12.8. The Morgan fingerprint density at radius 2 is 1.80 bits per heavy atom. The second-order valence-corrected chi connectivity index (χ2v) is 4.09. The highest BCUT2D eigenvalue weighted by atomic mass is 35.5. The molecule has 2 nitrogen and oxygen atoms in total. The maximum atomic E-state index is 5.68. The number of halogens is 2. The van der Waals surface area contributed by atoms with Gasteiger partial charge in [0.15, 0.2) is 0 Å². The van der Waals surface area contributed by atoms with E-state index in [4.69, 9.17) is 27.9 Å². The van der Waals surface area contributed by atoms with Gasteiger partial charge in [0.05, 0.1) is 23.3 Å². The highest BCUT2D eigenvalue weighted by Gasteiger charge is 1.94. The quantitative estimate of drug-likeness (QED) is 0.762. The third-order valence-corrected chi connectivity index (χ3v) is 2.66. The lowest BCUT2D eigenvalue weighted by Crippen LogP contribution is -2.30. The van der Waals surface area contributed by atoms with Crippen LogP contribution in [0.25, 0.3) is 0 Å². The van der Waals surface area contributed by atoms with E-state index in [1.807, 2.05) is 19.1 Å². The minimum absolute atomic E-state index is 0.613. The number of hydrogen-bond acceptors (Lipinski definition) is 2. The van der Waals surface area contributed by atoms with Crippen molar-refractivity contribution in [3.63, 3.8) is 0 Å². The van der Waals surface area contributed by atoms with E-state index in [1.54, 1.807) is 6.07 Å². The fourth-order valence-corrected chi connectivity index (χ4v) is 1.47. The maximum absolute atomic E-state index is 5.68. The van der Waals surface area contributed by atoms with Gasteiger partial charge in [0.25, 0.3) is 0 Å². The molecule has 0 unspecified atom stereocenters. The molecular formula is C11H15Cl2NO. The Balaban J connectivity index is 0.000000162. The molecule has 0 aromatic heterocycles. The minimum atomic E-state index is 0.613. The van der Waals surface area contributed by atoms with Gasteiger partial charge < -0.3 is 10.1 Å². The predicted molar refractivity (Wildman–Crippen MR) is 64.9 cm³/mol. The molecule has 1 fully saturated rings. The van der Waals surface area contributed by atoms with Crippen LogP contribution < -0.4 is 5.32 Å². The average Bonchev–Trinajstić information content (AvgIpc) is 2.27. The summed E-state index contributed by atoms with van der Waals surface area (Å²) in [7, 11) is 0. The lowest BCUT2D eigenvalue weighted by Gasteiger charge is -2.10. The Morgan fingerprint density at radius 1 is 1.13 bits per heavy atom. The summed E-state index contributed by atoms with van der Waals surface area (Å²) in [6, 6.07) is 5.55. The fourth-order valence-electron chi connectivity index (χ4n) is 1.12. The summed E-state index contributed by atoms with van der Waals surface area (Å²) in [5.41, 5.74) is 1.13. The van der Waals surface area contributed by atoms with Crippen LogP contribution in [0.3, 0.4) is 0 Å². The van der Waals surface area contributed by atoms with Crippen LogP contribution in [0, 0.1) is 6.92 Å². The molecule has 2 rings (SSSR count). The zero-order valence-corrected chi connectivity index (χ0v) is 10.2. The van der Waals surface area contributed by atoms with E-state index in [-0.39, 0.29) is 0 Å². The van der Waals surface area contributed by atoms with Crippen molar-refractivity contribution < 1.29 is 4.74 Å². The van der Waals surface area contributed by atoms with Gasteiger partial charge in [-0.3, -0.25) is 0 Å². The van der Waals surface area contributed by atoms with Gasteiger partial charge in [-0.2, -0.15) is 0 Å². The Morgan fingerprint density at radius 3 is 2.13 bits per heavy atom. The summed E-state index contributed by atoms with van der Waals surface area (Å²) in [6.07, 6.45) is 0. The Labute approximate surface area is 101 Å². The number of rotatable bonds is 0. The monoisotopic (exact) mass is 247 g/mol. The van der Waals surface area contributed by atoms with Crippen molar-refractivity contribution in [3.8, 4) is 0 Å². The van der Waals surface area contributed by atoms with E-state index < -0.39 is 0 Å². The molecule has 4 heteroatoms. The maximum Gasteiger partial charge on any atom is 0.0594 e. The highest BCUT2D eigenvalue weighted by molar-refractivity contribution is 6.41. The Kier molecular flexibility index (Phi) is 6.03. The predicted octanol–water partition coefficient (Wildman–Crippen LogP) is 2.91. The van der Waals surface area contributed by atoms with Crippen LogP contribution in [-0.4, -0.2) is 26.3 Å². The normalized spacial score (nSPS) is 15.4. The second-order valence-electron chi connectivity index (χ2n) is 3.28. The molecule has 1 N–H and O–H groups in total. The van der Waals surface area contributed by atoms with Crippen LogP contribution in [0.1, 0.15) is 5.56 Å². The van der Waals surface area contributed by atoms with Gasteiger partial charge in [-0.1, -0.05) is 29.3 Å². The van der Waals surface area contributed by atoms with Gasteiger partial charge in [0, 0.05) is 13.1 Å². The number of aryl methyl sites for hydroxylation is 1. The molecule has 0 saturated carbocycles. The van der Waals surface area contributed by atoms with Crippen molar-refractivity contribution in [2.45, 2.75) is 6.92 Å². The van der Waals surface area contributed by atoms with E-state index in [9.17, 15) is 0 Å². The van der Waals surface area contributed by atoms with E-state index in [2.05, 4.69) is 5.32 Å². The van der Waals surface area contributed by atoms with E-state index >= 15 is 0 Å². The largest absolute Gasteiger partial charge is 0.379 e. The van der Waals surface area contributed by atoms with Gasteiger partial charge in [-0.05, 0) is 24.6 Å². The minimum Gasteiger partial charge on any atom is -0.379 e. The van der Waals surface area contributed by atoms with Gasteiger partial charge in [-0.15, -0.1) is 0 Å². The summed E-state index contributed by atoms with van der Waals surface area (Å²) in [6.45, 7) is 5.81. The number of hydrogen-bond donors (Lipinski definition) is 1. The second kappa shape index (κ2) is 7.07. The van der Waals surface area contributed by atoms with Crippen LogP contribution in [-0.2, 0) is 4.74 Å². The van der Waals surface area contributed by atoms with Crippen LogP contribution in [0.15, 0.2) is 18.2 Å². The first-order valence-electron chi connectivity index (χ1n) is 4.90. The van der Waals surface area contributed by atoms with Crippen molar-refractivity contribution in [1.82, 2.24) is 5.32 Å². The van der Waals surface area contributed by atoms with E-state index in [0.717, 1.165) is 31.9 Å². The smallest absolute Gasteiger partial charge is 0.0594 e. The summed E-state index contributed by atoms with van der Waals surface area (Å²) < 4.78 is 5.01. The molecule has 0 bridgehead atoms. The third-order valence-electron chi connectivity index (χ3n) is 1.92. The first-order chi connectivity index (χ1) is 7.20. The van der Waals surface area contributed by atoms with Crippen molar-refractivity contribution in [2.24, 2.45) is 0 Å². The Hall–Kier alpha value is -0.280. The van der Waals surface area contributed by atoms with Gasteiger partial charge >= 0.3 is 0 Å². The van der Waals surface area contributed by atoms with Gasteiger partial charge in [0.2, 0.25) is 0 Å². The van der Waals surface area contributed by atoms with Crippen LogP contribution in [0.2, 0.25) is 10.0 Å². The Bertz CT molecular complexity index is 289. The molecule has 15 heavy (non-hydrogen) atoms. The molecule has 0 atom stereocenters. The lowest BCUT2D eigenvalue weighted by atomic mass is 10.2. The molecule has 0 amide bonds. The number of ether oxygens (including phenoxy) is 1. The van der Waals surface area contributed by atoms with Gasteiger partial charge in [0.1, 0.15) is 0 Å². The summed E-state index contributed by atoms with van der Waals surface area (Å²) in [5, 5.41) is 4.39. The number of nitrogens with one attached hydrogen (secondary N) is 1. The molecule has 0 spiro atoms. The summed E-state index contributed by atoms with van der Waals surface area (Å²) in [5.74, 6) is 0. The van der Waals surface area contributed by atoms with Crippen molar-refractivity contribution in [2.75, 3.05) is 26.3 Å². The van der Waals surface area contributed by atoms with Crippen molar-refractivity contribution in [3.05, 3.63) is 33.8 Å². The molecule has 1 heterocycles. The molecule has 1 aromatic rings. The molecule has 1 aliphatic heterocycles. The van der Waals surface area contributed by atoms with E-state index in [0.29, 0.717) is 10.0 Å². The fraction of sp³-hybridized carbons (Fsp3) is 0.455. The molecule has 0 aliphatic carbocycles. The molecule has 1 saturated heterocycles. The molecule has 1 aliphatic rings. The number of benzene rings is 1. The zero-order valence-electron chi connectivity index (χ0n) is 8.72. The van der Waals surface area contributed by atoms with Crippen molar-refractivity contribution in [1.29, 1.82) is 0 Å². The third kappa shape index (κ3) is 5.38. The summed E-state index contributed by atoms with van der Waals surface area (Å²) >= 11 is 11.3. The molecule has 0 radical (unpaired) electrons.